The van der Waals surface area contributed by atoms with Gasteiger partial charge in [-0.25, -0.2) is 4.79 Å². The van der Waals surface area contributed by atoms with E-state index >= 15 is 0 Å². The predicted octanol–water partition coefficient (Wildman–Crippen LogP) is 2.55. The van der Waals surface area contributed by atoms with Crippen molar-refractivity contribution in [1.29, 1.82) is 0 Å². The molecule has 3 nitrogen and oxygen atoms in total. The molecule has 0 atom stereocenters. The van der Waals surface area contributed by atoms with E-state index in [0.717, 1.165) is 10.9 Å². The second kappa shape index (κ2) is 3.22. The van der Waals surface area contributed by atoms with Crippen LogP contribution in [-0.2, 0) is 0 Å². The van der Waals surface area contributed by atoms with E-state index in [-0.39, 0.29) is 5.69 Å². The fourth-order valence-electron chi connectivity index (χ4n) is 1.31. The van der Waals surface area contributed by atoms with Gasteiger partial charge in [0.15, 0.2) is 0 Å². The van der Waals surface area contributed by atoms with Crippen LogP contribution in [0.3, 0.4) is 0 Å². The van der Waals surface area contributed by atoms with Crippen molar-refractivity contribution in [3.8, 4) is 0 Å². The van der Waals surface area contributed by atoms with Crippen molar-refractivity contribution in [1.82, 2.24) is 9.97 Å². The molecule has 1 aromatic carbocycles. The summed E-state index contributed by atoms with van der Waals surface area (Å²) in [6, 6.07) is 3.71. The number of hydrogen-bond donors (Lipinski definition) is 2. The lowest BCUT2D eigenvalue weighted by molar-refractivity contribution is 1.10. The first-order valence-electron chi connectivity index (χ1n) is 4.01. The number of benzene rings is 1. The van der Waals surface area contributed by atoms with Gasteiger partial charge in [-0.05, 0) is 18.6 Å². The SMILES string of the molecule is Cc1ccc2c(=S)[nH]c(=O)[nH]c2c1Cl. The molecule has 0 spiro atoms. The zero-order valence-electron chi connectivity index (χ0n) is 7.35. The van der Waals surface area contributed by atoms with Crippen LogP contribution in [-0.4, -0.2) is 9.97 Å². The molecule has 0 aliphatic heterocycles. The summed E-state index contributed by atoms with van der Waals surface area (Å²) in [5, 5.41) is 1.30. The van der Waals surface area contributed by atoms with Crippen molar-refractivity contribution in [2.45, 2.75) is 6.92 Å². The van der Waals surface area contributed by atoms with E-state index in [1.807, 2.05) is 19.1 Å². The molecule has 2 aromatic rings. The lowest BCUT2D eigenvalue weighted by Gasteiger charge is -2.02. The van der Waals surface area contributed by atoms with E-state index in [1.165, 1.54) is 0 Å². The van der Waals surface area contributed by atoms with Crippen molar-refractivity contribution in [3.05, 3.63) is 37.8 Å². The van der Waals surface area contributed by atoms with E-state index in [0.29, 0.717) is 15.2 Å². The summed E-state index contributed by atoms with van der Waals surface area (Å²) in [5.74, 6) is 0. The Hall–Kier alpha value is -1.13. The maximum Gasteiger partial charge on any atom is 0.324 e. The Balaban J connectivity index is 3.10. The number of aromatic amines is 2. The lowest BCUT2D eigenvalue weighted by atomic mass is 10.2. The molecule has 0 fully saturated rings. The minimum atomic E-state index is -0.338. The average molecular weight is 227 g/mol. The lowest BCUT2D eigenvalue weighted by Crippen LogP contribution is -2.10. The van der Waals surface area contributed by atoms with Gasteiger partial charge >= 0.3 is 5.69 Å². The molecule has 1 aromatic heterocycles. The third kappa shape index (κ3) is 1.36. The molecule has 14 heavy (non-hydrogen) atoms. The second-order valence-corrected chi connectivity index (χ2v) is 3.81. The number of nitrogens with one attached hydrogen (secondary N) is 2. The summed E-state index contributed by atoms with van der Waals surface area (Å²) < 4.78 is 0.408. The van der Waals surface area contributed by atoms with E-state index < -0.39 is 0 Å². The predicted molar refractivity (Wildman–Crippen MR) is 59.5 cm³/mol. The Morgan fingerprint density at radius 3 is 2.79 bits per heavy atom. The standard InChI is InChI=1S/C9H7ClN2OS/c1-4-2-3-5-7(6(4)10)11-9(13)12-8(5)14/h2-3H,1H3,(H2,11,12,13,14). The fourth-order valence-corrected chi connectivity index (χ4v) is 1.78. The van der Waals surface area contributed by atoms with Crippen molar-refractivity contribution in [2.75, 3.05) is 0 Å². The van der Waals surface area contributed by atoms with E-state index in [4.69, 9.17) is 23.8 Å². The number of aromatic nitrogens is 2. The molecule has 0 saturated carbocycles. The minimum Gasteiger partial charge on any atom is -0.306 e. The van der Waals surface area contributed by atoms with Gasteiger partial charge in [0.05, 0.1) is 10.5 Å². The third-order valence-corrected chi connectivity index (χ3v) is 2.85. The molecule has 0 saturated heterocycles. The zero-order chi connectivity index (χ0) is 10.3. The minimum absolute atomic E-state index is 0.338. The first-order valence-corrected chi connectivity index (χ1v) is 4.79. The number of H-pyrrole nitrogens is 2. The Morgan fingerprint density at radius 2 is 2.07 bits per heavy atom. The molecular formula is C9H7ClN2OS. The van der Waals surface area contributed by atoms with Crippen molar-refractivity contribution >= 4 is 34.7 Å². The topological polar surface area (TPSA) is 48.6 Å². The summed E-state index contributed by atoms with van der Waals surface area (Å²) in [4.78, 5) is 16.3. The van der Waals surface area contributed by atoms with Crippen LogP contribution in [0.5, 0.6) is 0 Å². The van der Waals surface area contributed by atoms with Crippen molar-refractivity contribution < 1.29 is 0 Å². The fraction of sp³-hybridized carbons (Fsp3) is 0.111. The van der Waals surface area contributed by atoms with Crippen molar-refractivity contribution in [2.24, 2.45) is 0 Å². The van der Waals surface area contributed by atoms with Gasteiger partial charge in [-0.2, -0.15) is 0 Å². The van der Waals surface area contributed by atoms with Gasteiger partial charge in [-0.15, -0.1) is 0 Å². The molecule has 0 amide bonds. The number of rotatable bonds is 0. The Labute approximate surface area is 89.7 Å². The van der Waals surface area contributed by atoms with Gasteiger partial charge < -0.3 is 4.98 Å². The Kier molecular flexibility index (Phi) is 2.17. The van der Waals surface area contributed by atoms with Crippen molar-refractivity contribution in [3.63, 3.8) is 0 Å². The molecular weight excluding hydrogens is 220 g/mol. The highest BCUT2D eigenvalue weighted by atomic mass is 35.5. The zero-order valence-corrected chi connectivity index (χ0v) is 8.92. The largest absolute Gasteiger partial charge is 0.324 e. The van der Waals surface area contributed by atoms with Gasteiger partial charge in [0.1, 0.15) is 4.64 Å². The number of fused-ring (bicyclic) bond motifs is 1. The van der Waals surface area contributed by atoms with Gasteiger partial charge in [0.2, 0.25) is 0 Å². The first kappa shape index (κ1) is 9.43. The third-order valence-electron chi connectivity index (χ3n) is 2.05. The highest BCUT2D eigenvalue weighted by Gasteiger charge is 2.04. The smallest absolute Gasteiger partial charge is 0.306 e. The summed E-state index contributed by atoms with van der Waals surface area (Å²) >= 11 is 11.0. The van der Waals surface area contributed by atoms with Crippen LogP contribution < -0.4 is 5.69 Å². The highest BCUT2D eigenvalue weighted by Crippen LogP contribution is 2.23. The first-order chi connectivity index (χ1) is 6.59. The molecule has 2 rings (SSSR count). The maximum absolute atomic E-state index is 11.1. The van der Waals surface area contributed by atoms with E-state index in [9.17, 15) is 4.79 Å². The maximum atomic E-state index is 11.1. The van der Waals surface area contributed by atoms with Crippen LogP contribution >= 0.6 is 23.8 Å². The quantitative estimate of drug-likeness (QED) is 0.679. The Bertz CT molecular complexity index is 614. The summed E-state index contributed by atoms with van der Waals surface area (Å²) in [7, 11) is 0. The molecule has 1 heterocycles. The molecule has 5 heteroatoms. The molecule has 0 aliphatic rings. The number of halogens is 1. The van der Waals surface area contributed by atoms with Crippen LogP contribution in [0.25, 0.3) is 10.9 Å². The molecule has 0 bridgehead atoms. The van der Waals surface area contributed by atoms with Gasteiger partial charge in [0, 0.05) is 5.39 Å². The highest BCUT2D eigenvalue weighted by molar-refractivity contribution is 7.71. The monoisotopic (exact) mass is 226 g/mol. The molecule has 0 aliphatic carbocycles. The molecule has 0 unspecified atom stereocenters. The summed E-state index contributed by atoms with van der Waals surface area (Å²) in [5.41, 5.74) is 1.17. The van der Waals surface area contributed by atoms with Crippen LogP contribution in [0.1, 0.15) is 5.56 Å². The number of aryl methyl sites for hydroxylation is 1. The van der Waals surface area contributed by atoms with E-state index in [1.54, 1.807) is 0 Å². The average Bonchev–Trinajstić information content (AvgIpc) is 2.12. The Morgan fingerprint density at radius 1 is 1.36 bits per heavy atom. The van der Waals surface area contributed by atoms with Gasteiger partial charge in [-0.3, -0.25) is 4.98 Å². The number of hydrogen-bond acceptors (Lipinski definition) is 2. The summed E-state index contributed by atoms with van der Waals surface area (Å²) in [6.45, 7) is 1.87. The van der Waals surface area contributed by atoms with Gasteiger partial charge in [-0.1, -0.05) is 29.9 Å². The van der Waals surface area contributed by atoms with Crippen LogP contribution in [0.2, 0.25) is 5.02 Å². The van der Waals surface area contributed by atoms with Crippen LogP contribution in [0.15, 0.2) is 16.9 Å². The van der Waals surface area contributed by atoms with E-state index in [2.05, 4.69) is 9.97 Å². The van der Waals surface area contributed by atoms with Gasteiger partial charge in [0.25, 0.3) is 0 Å². The molecule has 0 radical (unpaired) electrons. The molecule has 72 valence electrons. The normalized spacial score (nSPS) is 10.7. The summed E-state index contributed by atoms with van der Waals surface area (Å²) in [6.07, 6.45) is 0. The second-order valence-electron chi connectivity index (χ2n) is 3.03. The molecule has 2 N–H and O–H groups in total. The van der Waals surface area contributed by atoms with Crippen LogP contribution in [0.4, 0.5) is 0 Å². The van der Waals surface area contributed by atoms with Crippen LogP contribution in [0, 0.1) is 11.6 Å².